The normalized spacial score (nSPS) is 11.7. The van der Waals surface area contributed by atoms with Crippen LogP contribution in [0.1, 0.15) is 29.7 Å². The molecule has 0 aromatic heterocycles. The minimum Gasteiger partial charge on any atom is -0.495 e. The lowest BCUT2D eigenvalue weighted by atomic mass is 10.0. The molecule has 0 aliphatic rings. The molecule has 0 aliphatic heterocycles. The van der Waals surface area contributed by atoms with Gasteiger partial charge in [0.2, 0.25) is 5.91 Å². The number of carbonyl (C=O) groups excluding carboxylic acids is 1. The SMILES string of the molecule is COc1ccc(NCC(=O)NC(C)c2ccc(C)c(C)c2)cc1Cl. The van der Waals surface area contributed by atoms with E-state index in [2.05, 4.69) is 36.6 Å². The quantitative estimate of drug-likeness (QED) is 0.821. The van der Waals surface area contributed by atoms with E-state index < -0.39 is 0 Å². The number of benzene rings is 2. The van der Waals surface area contributed by atoms with E-state index >= 15 is 0 Å². The van der Waals surface area contributed by atoms with Crippen LogP contribution in [0.3, 0.4) is 0 Å². The molecule has 0 radical (unpaired) electrons. The van der Waals surface area contributed by atoms with Gasteiger partial charge in [0.15, 0.2) is 0 Å². The summed E-state index contributed by atoms with van der Waals surface area (Å²) >= 11 is 6.07. The van der Waals surface area contributed by atoms with Crippen LogP contribution in [0.15, 0.2) is 36.4 Å². The number of halogens is 1. The zero-order valence-electron chi connectivity index (χ0n) is 14.4. The number of anilines is 1. The molecule has 0 aliphatic carbocycles. The second kappa shape index (κ2) is 8.06. The van der Waals surface area contributed by atoms with Gasteiger partial charge in [-0.3, -0.25) is 4.79 Å². The van der Waals surface area contributed by atoms with Gasteiger partial charge < -0.3 is 15.4 Å². The molecule has 0 spiro atoms. The van der Waals surface area contributed by atoms with E-state index in [0.29, 0.717) is 10.8 Å². The van der Waals surface area contributed by atoms with Gasteiger partial charge in [-0.05, 0) is 55.7 Å². The first-order valence-corrected chi connectivity index (χ1v) is 8.22. The van der Waals surface area contributed by atoms with Crippen molar-refractivity contribution in [3.8, 4) is 5.75 Å². The molecule has 1 atom stereocenters. The summed E-state index contributed by atoms with van der Waals surface area (Å²) in [5.74, 6) is 0.530. The van der Waals surface area contributed by atoms with Gasteiger partial charge in [-0.1, -0.05) is 29.8 Å². The molecule has 1 amide bonds. The number of rotatable bonds is 6. The third-order valence-electron chi connectivity index (χ3n) is 4.01. The maximum Gasteiger partial charge on any atom is 0.239 e. The van der Waals surface area contributed by atoms with Gasteiger partial charge in [0.25, 0.3) is 0 Å². The molecular formula is C19H23ClN2O2. The fourth-order valence-corrected chi connectivity index (χ4v) is 2.63. The molecule has 4 nitrogen and oxygen atoms in total. The summed E-state index contributed by atoms with van der Waals surface area (Å²) in [5.41, 5.74) is 4.34. The van der Waals surface area contributed by atoms with E-state index in [0.717, 1.165) is 11.3 Å². The maximum atomic E-state index is 12.1. The summed E-state index contributed by atoms with van der Waals surface area (Å²) < 4.78 is 5.11. The Morgan fingerprint density at radius 3 is 2.54 bits per heavy atom. The smallest absolute Gasteiger partial charge is 0.239 e. The van der Waals surface area contributed by atoms with Crippen LogP contribution < -0.4 is 15.4 Å². The maximum absolute atomic E-state index is 12.1. The van der Waals surface area contributed by atoms with Crippen LogP contribution in [-0.4, -0.2) is 19.6 Å². The Morgan fingerprint density at radius 2 is 1.92 bits per heavy atom. The molecule has 1 unspecified atom stereocenters. The lowest BCUT2D eigenvalue weighted by Crippen LogP contribution is -2.32. The van der Waals surface area contributed by atoms with E-state index in [9.17, 15) is 4.79 Å². The van der Waals surface area contributed by atoms with Crippen molar-refractivity contribution < 1.29 is 9.53 Å². The third kappa shape index (κ3) is 4.65. The van der Waals surface area contributed by atoms with E-state index in [1.165, 1.54) is 11.1 Å². The number of aryl methyl sites for hydroxylation is 2. The van der Waals surface area contributed by atoms with Gasteiger partial charge in [0.1, 0.15) is 5.75 Å². The Kier molecular flexibility index (Phi) is 6.10. The lowest BCUT2D eigenvalue weighted by Gasteiger charge is -2.16. The van der Waals surface area contributed by atoms with Gasteiger partial charge in [0.05, 0.1) is 24.7 Å². The van der Waals surface area contributed by atoms with Crippen molar-refractivity contribution in [1.29, 1.82) is 0 Å². The summed E-state index contributed by atoms with van der Waals surface area (Å²) in [5, 5.41) is 6.56. The average Bonchev–Trinajstić information content (AvgIpc) is 2.55. The molecule has 0 bridgehead atoms. The number of methoxy groups -OCH3 is 1. The van der Waals surface area contributed by atoms with Crippen LogP contribution >= 0.6 is 11.6 Å². The molecule has 0 heterocycles. The average molecular weight is 347 g/mol. The van der Waals surface area contributed by atoms with Crippen molar-refractivity contribution in [2.24, 2.45) is 0 Å². The van der Waals surface area contributed by atoms with E-state index in [4.69, 9.17) is 16.3 Å². The summed E-state index contributed by atoms with van der Waals surface area (Å²) in [6, 6.07) is 11.5. The molecule has 5 heteroatoms. The van der Waals surface area contributed by atoms with Gasteiger partial charge in [-0.2, -0.15) is 0 Å². The fraction of sp³-hybridized carbons (Fsp3) is 0.316. The number of hydrogen-bond donors (Lipinski definition) is 2. The predicted molar refractivity (Wildman–Crippen MR) is 99.0 cm³/mol. The van der Waals surface area contributed by atoms with Crippen LogP contribution in [0.2, 0.25) is 5.02 Å². The topological polar surface area (TPSA) is 50.4 Å². The molecule has 2 rings (SSSR count). The van der Waals surface area contributed by atoms with Gasteiger partial charge >= 0.3 is 0 Å². The lowest BCUT2D eigenvalue weighted by molar-refractivity contribution is -0.120. The molecule has 0 saturated heterocycles. The zero-order valence-corrected chi connectivity index (χ0v) is 15.2. The van der Waals surface area contributed by atoms with Crippen molar-refractivity contribution in [1.82, 2.24) is 5.32 Å². The van der Waals surface area contributed by atoms with Crippen molar-refractivity contribution in [3.63, 3.8) is 0 Å². The number of carbonyl (C=O) groups is 1. The Hall–Kier alpha value is -2.20. The van der Waals surface area contributed by atoms with Crippen LogP contribution in [0.4, 0.5) is 5.69 Å². The summed E-state index contributed by atoms with van der Waals surface area (Å²) in [6.07, 6.45) is 0. The van der Waals surface area contributed by atoms with E-state index in [-0.39, 0.29) is 18.5 Å². The largest absolute Gasteiger partial charge is 0.495 e. The molecule has 2 N–H and O–H groups in total. The molecule has 0 saturated carbocycles. The highest BCUT2D eigenvalue weighted by Crippen LogP contribution is 2.27. The molecule has 24 heavy (non-hydrogen) atoms. The summed E-state index contributed by atoms with van der Waals surface area (Å²) in [7, 11) is 1.57. The number of ether oxygens (including phenoxy) is 1. The summed E-state index contributed by atoms with van der Waals surface area (Å²) in [6.45, 7) is 6.30. The van der Waals surface area contributed by atoms with Crippen LogP contribution in [-0.2, 0) is 4.79 Å². The first kappa shape index (κ1) is 18.1. The Balaban J connectivity index is 1.90. The summed E-state index contributed by atoms with van der Waals surface area (Å²) in [4.78, 5) is 12.1. The second-order valence-corrected chi connectivity index (χ2v) is 6.24. The Bertz CT molecular complexity index is 731. The van der Waals surface area contributed by atoms with E-state index in [1.807, 2.05) is 19.1 Å². The minimum atomic E-state index is -0.0762. The number of amides is 1. The van der Waals surface area contributed by atoms with Crippen LogP contribution in [0.25, 0.3) is 0 Å². The standard InChI is InChI=1S/C19H23ClN2O2/c1-12-5-6-15(9-13(12)2)14(3)22-19(23)11-21-16-7-8-18(24-4)17(20)10-16/h5-10,14,21H,11H2,1-4H3,(H,22,23). The van der Waals surface area contributed by atoms with Crippen molar-refractivity contribution in [2.75, 3.05) is 19.0 Å². The molecule has 128 valence electrons. The Morgan fingerprint density at radius 1 is 1.17 bits per heavy atom. The van der Waals surface area contributed by atoms with Crippen molar-refractivity contribution in [2.45, 2.75) is 26.8 Å². The highest BCUT2D eigenvalue weighted by molar-refractivity contribution is 6.32. The predicted octanol–water partition coefficient (Wildman–Crippen LogP) is 4.25. The molecular weight excluding hydrogens is 324 g/mol. The second-order valence-electron chi connectivity index (χ2n) is 5.84. The van der Waals surface area contributed by atoms with E-state index in [1.54, 1.807) is 19.2 Å². The van der Waals surface area contributed by atoms with Gasteiger partial charge in [-0.15, -0.1) is 0 Å². The fourth-order valence-electron chi connectivity index (χ4n) is 2.37. The Labute approximate surface area is 148 Å². The van der Waals surface area contributed by atoms with Gasteiger partial charge in [-0.25, -0.2) is 0 Å². The number of hydrogen-bond acceptors (Lipinski definition) is 3. The molecule has 0 fully saturated rings. The highest BCUT2D eigenvalue weighted by atomic mass is 35.5. The monoisotopic (exact) mass is 346 g/mol. The highest BCUT2D eigenvalue weighted by Gasteiger charge is 2.10. The first-order valence-electron chi connectivity index (χ1n) is 7.84. The van der Waals surface area contributed by atoms with Crippen LogP contribution in [0.5, 0.6) is 5.75 Å². The third-order valence-corrected chi connectivity index (χ3v) is 4.31. The van der Waals surface area contributed by atoms with Crippen molar-refractivity contribution in [3.05, 3.63) is 58.1 Å². The van der Waals surface area contributed by atoms with Crippen molar-refractivity contribution >= 4 is 23.2 Å². The van der Waals surface area contributed by atoms with Crippen LogP contribution in [0, 0.1) is 13.8 Å². The zero-order chi connectivity index (χ0) is 17.7. The minimum absolute atomic E-state index is 0.0435. The first-order chi connectivity index (χ1) is 11.4. The molecule has 2 aromatic rings. The number of nitrogens with one attached hydrogen (secondary N) is 2. The molecule has 2 aromatic carbocycles. The van der Waals surface area contributed by atoms with Gasteiger partial charge in [0, 0.05) is 5.69 Å².